The summed E-state index contributed by atoms with van der Waals surface area (Å²) in [6, 6.07) is 0. The maximum Gasteiger partial charge on any atom is 0.252 e. The topological polar surface area (TPSA) is 78.5 Å². The average Bonchev–Trinajstić information content (AvgIpc) is 2.24. The fraction of sp³-hybridized carbons (Fsp3) is 0.727. The number of nitrogens with zero attached hydrogens (tertiary/aromatic N) is 1. The SMILES string of the molecule is CNCCCC(=O)N1CC(=O)NC(=O)C1(C)C. The van der Waals surface area contributed by atoms with E-state index >= 15 is 0 Å². The van der Waals surface area contributed by atoms with Crippen molar-refractivity contribution in [2.75, 3.05) is 20.1 Å². The van der Waals surface area contributed by atoms with Gasteiger partial charge in [-0.1, -0.05) is 0 Å². The largest absolute Gasteiger partial charge is 0.320 e. The van der Waals surface area contributed by atoms with E-state index in [1.807, 2.05) is 7.05 Å². The van der Waals surface area contributed by atoms with Crippen LogP contribution in [0.5, 0.6) is 0 Å². The molecule has 3 amide bonds. The Kier molecular flexibility index (Phi) is 4.22. The number of carbonyl (C=O) groups is 3. The Bertz CT molecular complexity index is 339. The van der Waals surface area contributed by atoms with Gasteiger partial charge in [0.2, 0.25) is 11.8 Å². The molecule has 1 aliphatic heterocycles. The molecule has 96 valence electrons. The molecule has 1 rings (SSSR count). The maximum atomic E-state index is 11.9. The number of carbonyl (C=O) groups excluding carboxylic acids is 3. The molecule has 0 aliphatic carbocycles. The van der Waals surface area contributed by atoms with Crippen molar-refractivity contribution in [2.45, 2.75) is 32.2 Å². The number of nitrogens with one attached hydrogen (secondary N) is 2. The Morgan fingerprint density at radius 1 is 1.47 bits per heavy atom. The van der Waals surface area contributed by atoms with Gasteiger partial charge >= 0.3 is 0 Å². The molecular weight excluding hydrogens is 222 g/mol. The molecule has 0 aromatic carbocycles. The van der Waals surface area contributed by atoms with E-state index < -0.39 is 17.4 Å². The van der Waals surface area contributed by atoms with E-state index in [-0.39, 0.29) is 12.5 Å². The normalized spacial score (nSPS) is 19.1. The standard InChI is InChI=1S/C11H19N3O3/c1-11(2)10(17)13-8(15)7-14(11)9(16)5-4-6-12-3/h12H,4-7H2,1-3H3,(H,13,15,17). The predicted octanol–water partition coefficient (Wildman–Crippen LogP) is -0.750. The highest BCUT2D eigenvalue weighted by atomic mass is 16.2. The first-order chi connectivity index (χ1) is 7.89. The molecule has 0 aromatic rings. The smallest absolute Gasteiger partial charge is 0.252 e. The first-order valence-electron chi connectivity index (χ1n) is 5.69. The maximum absolute atomic E-state index is 11.9. The third-order valence-electron chi connectivity index (χ3n) is 2.90. The second-order valence-electron chi connectivity index (χ2n) is 4.62. The molecule has 0 saturated carbocycles. The van der Waals surface area contributed by atoms with E-state index in [0.717, 1.165) is 6.54 Å². The zero-order valence-electron chi connectivity index (χ0n) is 10.5. The first kappa shape index (κ1) is 13.6. The van der Waals surface area contributed by atoms with Gasteiger partial charge in [0.1, 0.15) is 12.1 Å². The van der Waals surface area contributed by atoms with E-state index in [2.05, 4.69) is 10.6 Å². The molecule has 0 unspecified atom stereocenters. The van der Waals surface area contributed by atoms with E-state index in [1.54, 1.807) is 13.8 Å². The summed E-state index contributed by atoms with van der Waals surface area (Å²) < 4.78 is 0. The Morgan fingerprint density at radius 2 is 2.12 bits per heavy atom. The van der Waals surface area contributed by atoms with Crippen LogP contribution in [0.15, 0.2) is 0 Å². The molecule has 0 radical (unpaired) electrons. The first-order valence-corrected chi connectivity index (χ1v) is 5.69. The summed E-state index contributed by atoms with van der Waals surface area (Å²) in [5.41, 5.74) is -0.954. The molecular formula is C11H19N3O3. The number of hydrogen-bond acceptors (Lipinski definition) is 4. The van der Waals surface area contributed by atoms with E-state index in [4.69, 9.17) is 0 Å². The van der Waals surface area contributed by atoms with Crippen LogP contribution in [0.2, 0.25) is 0 Å². The minimum Gasteiger partial charge on any atom is -0.320 e. The van der Waals surface area contributed by atoms with Crippen molar-refractivity contribution in [3.8, 4) is 0 Å². The van der Waals surface area contributed by atoms with Crippen LogP contribution >= 0.6 is 0 Å². The van der Waals surface area contributed by atoms with Crippen molar-refractivity contribution >= 4 is 17.7 Å². The van der Waals surface area contributed by atoms with Crippen LogP contribution in [0.4, 0.5) is 0 Å². The molecule has 0 atom stereocenters. The van der Waals surface area contributed by atoms with Gasteiger partial charge in [-0.2, -0.15) is 0 Å². The van der Waals surface area contributed by atoms with Crippen molar-refractivity contribution in [2.24, 2.45) is 0 Å². The average molecular weight is 241 g/mol. The van der Waals surface area contributed by atoms with Crippen molar-refractivity contribution < 1.29 is 14.4 Å². The summed E-state index contributed by atoms with van der Waals surface area (Å²) in [6.45, 7) is 3.98. The Labute approximate surface area is 101 Å². The minimum absolute atomic E-state index is 0.0445. The van der Waals surface area contributed by atoms with Gasteiger partial charge in [0.05, 0.1) is 0 Å². The highest BCUT2D eigenvalue weighted by Crippen LogP contribution is 2.19. The predicted molar refractivity (Wildman–Crippen MR) is 62.1 cm³/mol. The monoisotopic (exact) mass is 241 g/mol. The fourth-order valence-electron chi connectivity index (χ4n) is 1.73. The highest BCUT2D eigenvalue weighted by Gasteiger charge is 2.42. The second kappa shape index (κ2) is 5.27. The zero-order valence-corrected chi connectivity index (χ0v) is 10.5. The summed E-state index contributed by atoms with van der Waals surface area (Å²) >= 11 is 0. The molecule has 0 spiro atoms. The summed E-state index contributed by atoms with van der Waals surface area (Å²) in [5, 5.41) is 5.18. The summed E-state index contributed by atoms with van der Waals surface area (Å²) in [7, 11) is 1.81. The number of imide groups is 1. The minimum atomic E-state index is -0.954. The molecule has 1 fully saturated rings. The van der Waals surface area contributed by atoms with Crippen molar-refractivity contribution in [1.29, 1.82) is 0 Å². The van der Waals surface area contributed by atoms with Gasteiger partial charge in [0.15, 0.2) is 0 Å². The van der Waals surface area contributed by atoms with E-state index in [9.17, 15) is 14.4 Å². The van der Waals surface area contributed by atoms with Gasteiger partial charge in [-0.15, -0.1) is 0 Å². The zero-order chi connectivity index (χ0) is 13.1. The lowest BCUT2D eigenvalue weighted by Crippen LogP contribution is -2.65. The van der Waals surface area contributed by atoms with Crippen molar-refractivity contribution in [3.63, 3.8) is 0 Å². The van der Waals surface area contributed by atoms with E-state index in [0.29, 0.717) is 12.8 Å². The molecule has 17 heavy (non-hydrogen) atoms. The van der Waals surface area contributed by atoms with E-state index in [1.165, 1.54) is 4.90 Å². The van der Waals surface area contributed by atoms with Crippen LogP contribution < -0.4 is 10.6 Å². The van der Waals surface area contributed by atoms with Crippen molar-refractivity contribution in [1.82, 2.24) is 15.5 Å². The van der Waals surface area contributed by atoms with Crippen LogP contribution in [0.25, 0.3) is 0 Å². The third-order valence-corrected chi connectivity index (χ3v) is 2.90. The number of hydrogen-bond donors (Lipinski definition) is 2. The van der Waals surface area contributed by atoms with Crippen LogP contribution in [0, 0.1) is 0 Å². The molecule has 1 saturated heterocycles. The lowest BCUT2D eigenvalue weighted by molar-refractivity contribution is -0.155. The third kappa shape index (κ3) is 3.03. The van der Waals surface area contributed by atoms with Gasteiger partial charge in [0, 0.05) is 6.42 Å². The van der Waals surface area contributed by atoms with Gasteiger partial charge in [-0.25, -0.2) is 0 Å². The lowest BCUT2D eigenvalue weighted by atomic mass is 9.98. The Hall–Kier alpha value is -1.43. The molecule has 1 aliphatic rings. The van der Waals surface area contributed by atoms with Gasteiger partial charge < -0.3 is 10.2 Å². The van der Waals surface area contributed by atoms with Crippen LogP contribution in [-0.2, 0) is 14.4 Å². The quantitative estimate of drug-likeness (QED) is 0.501. The fourth-order valence-corrected chi connectivity index (χ4v) is 1.73. The summed E-state index contributed by atoms with van der Waals surface area (Å²) in [4.78, 5) is 36.2. The molecule has 1 heterocycles. The Balaban J connectivity index is 2.69. The van der Waals surface area contributed by atoms with Gasteiger partial charge in [0.25, 0.3) is 5.91 Å². The molecule has 6 nitrogen and oxygen atoms in total. The number of amides is 3. The van der Waals surface area contributed by atoms with Crippen molar-refractivity contribution in [3.05, 3.63) is 0 Å². The van der Waals surface area contributed by atoms with Gasteiger partial charge in [-0.3, -0.25) is 19.7 Å². The lowest BCUT2D eigenvalue weighted by Gasteiger charge is -2.40. The highest BCUT2D eigenvalue weighted by molar-refractivity contribution is 6.06. The second-order valence-corrected chi connectivity index (χ2v) is 4.62. The van der Waals surface area contributed by atoms with Crippen LogP contribution in [0.1, 0.15) is 26.7 Å². The summed E-state index contributed by atoms with van der Waals surface area (Å²) in [5.74, 6) is -1.000. The van der Waals surface area contributed by atoms with Gasteiger partial charge in [-0.05, 0) is 33.9 Å². The molecule has 6 heteroatoms. The number of rotatable bonds is 4. The summed E-state index contributed by atoms with van der Waals surface area (Å²) in [6.07, 6.45) is 1.03. The molecule has 2 N–H and O–H groups in total. The molecule has 0 bridgehead atoms. The van der Waals surface area contributed by atoms with Crippen LogP contribution in [-0.4, -0.2) is 48.3 Å². The Morgan fingerprint density at radius 3 is 2.71 bits per heavy atom. The van der Waals surface area contributed by atoms with Crippen LogP contribution in [0.3, 0.4) is 0 Å². The molecule has 0 aromatic heterocycles. The number of piperazine rings is 1.